The van der Waals surface area contributed by atoms with Crippen LogP contribution in [0.1, 0.15) is 22.3 Å². The lowest BCUT2D eigenvalue weighted by molar-refractivity contribution is -0.143. The second-order valence-corrected chi connectivity index (χ2v) is 5.78. The molecule has 1 heterocycles. The molecule has 1 aliphatic rings. The molecule has 0 unspecified atom stereocenters. The van der Waals surface area contributed by atoms with Crippen LogP contribution >= 0.6 is 0 Å². The minimum atomic E-state index is -0.312. The Morgan fingerprint density at radius 3 is 2.74 bits per heavy atom. The van der Waals surface area contributed by atoms with Crippen LogP contribution in [0.25, 0.3) is 0 Å². The predicted octanol–water partition coefficient (Wildman–Crippen LogP) is 2.76. The smallest absolute Gasteiger partial charge is 0.323 e. The third-order valence-corrected chi connectivity index (χ3v) is 4.21. The van der Waals surface area contributed by atoms with Gasteiger partial charge in [-0.2, -0.15) is 0 Å². The van der Waals surface area contributed by atoms with Gasteiger partial charge in [0.1, 0.15) is 18.4 Å². The summed E-state index contributed by atoms with van der Waals surface area (Å²) in [5, 5.41) is 3.22. The van der Waals surface area contributed by atoms with Gasteiger partial charge in [0.15, 0.2) is 0 Å². The summed E-state index contributed by atoms with van der Waals surface area (Å²) in [5.41, 5.74) is 4.50. The van der Waals surface area contributed by atoms with Gasteiger partial charge in [0.05, 0.1) is 7.11 Å². The Kier molecular flexibility index (Phi) is 4.63. The molecule has 2 aromatic carbocycles. The molecule has 4 nitrogen and oxygen atoms in total. The van der Waals surface area contributed by atoms with Crippen molar-refractivity contribution in [1.82, 2.24) is 5.32 Å². The summed E-state index contributed by atoms with van der Waals surface area (Å²) in [6.45, 7) is 3.21. The van der Waals surface area contributed by atoms with E-state index in [1.807, 2.05) is 37.3 Å². The van der Waals surface area contributed by atoms with Crippen LogP contribution in [0.5, 0.6) is 5.75 Å². The number of hydrogen-bond donors (Lipinski definition) is 1. The molecule has 0 aromatic heterocycles. The fourth-order valence-corrected chi connectivity index (χ4v) is 2.92. The van der Waals surface area contributed by atoms with Crippen LogP contribution in [-0.4, -0.2) is 19.1 Å². The average Bonchev–Trinajstić information content (AvgIpc) is 2.60. The first-order valence-corrected chi connectivity index (χ1v) is 7.78. The highest BCUT2D eigenvalue weighted by atomic mass is 16.5. The van der Waals surface area contributed by atoms with E-state index < -0.39 is 0 Å². The lowest BCUT2D eigenvalue weighted by atomic mass is 9.93. The molecule has 2 aromatic rings. The van der Waals surface area contributed by atoms with E-state index in [-0.39, 0.29) is 12.0 Å². The van der Waals surface area contributed by atoms with E-state index in [2.05, 4.69) is 17.4 Å². The van der Waals surface area contributed by atoms with Gasteiger partial charge in [-0.1, -0.05) is 42.5 Å². The first kappa shape index (κ1) is 15.6. The zero-order valence-corrected chi connectivity index (χ0v) is 13.5. The van der Waals surface area contributed by atoms with Gasteiger partial charge >= 0.3 is 5.97 Å². The molecule has 23 heavy (non-hydrogen) atoms. The molecular formula is C19H21NO3. The first-order valence-electron chi connectivity index (χ1n) is 7.78. The SMILES string of the molecule is COC(=O)[C@@H]1Cc2c(ccc(C)c2OCc2ccccc2)CN1. The maximum absolute atomic E-state index is 11.8. The lowest BCUT2D eigenvalue weighted by Crippen LogP contribution is -2.42. The molecule has 4 heteroatoms. The van der Waals surface area contributed by atoms with Gasteiger partial charge in [-0.05, 0) is 23.6 Å². The van der Waals surface area contributed by atoms with Crippen molar-refractivity contribution in [3.8, 4) is 5.75 Å². The Balaban J connectivity index is 1.84. The molecule has 1 aliphatic heterocycles. The van der Waals surface area contributed by atoms with Crippen molar-refractivity contribution in [3.05, 3.63) is 64.7 Å². The maximum atomic E-state index is 11.8. The summed E-state index contributed by atoms with van der Waals surface area (Å²) >= 11 is 0. The Morgan fingerprint density at radius 2 is 2.00 bits per heavy atom. The van der Waals surface area contributed by atoms with Gasteiger partial charge in [-0.25, -0.2) is 0 Å². The van der Waals surface area contributed by atoms with Crippen molar-refractivity contribution in [1.29, 1.82) is 0 Å². The molecular weight excluding hydrogens is 290 g/mol. The van der Waals surface area contributed by atoms with Crippen LogP contribution in [0.3, 0.4) is 0 Å². The minimum Gasteiger partial charge on any atom is -0.488 e. The maximum Gasteiger partial charge on any atom is 0.323 e. The fourth-order valence-electron chi connectivity index (χ4n) is 2.92. The summed E-state index contributed by atoms with van der Waals surface area (Å²) < 4.78 is 11.0. The van der Waals surface area contributed by atoms with E-state index in [9.17, 15) is 4.79 Å². The van der Waals surface area contributed by atoms with Crippen LogP contribution in [0.4, 0.5) is 0 Å². The van der Waals surface area contributed by atoms with Crippen molar-refractivity contribution in [2.24, 2.45) is 0 Å². The number of hydrogen-bond acceptors (Lipinski definition) is 4. The number of ether oxygens (including phenoxy) is 2. The monoisotopic (exact) mass is 311 g/mol. The number of nitrogens with one attached hydrogen (secondary N) is 1. The Labute approximate surface area is 136 Å². The standard InChI is InChI=1S/C19H21NO3/c1-13-8-9-15-11-20-17(19(21)22-2)10-16(15)18(13)23-12-14-6-4-3-5-7-14/h3-9,17,20H,10-12H2,1-2H3/t17-/m0/s1. The van der Waals surface area contributed by atoms with Crippen LogP contribution in [0.15, 0.2) is 42.5 Å². The van der Waals surface area contributed by atoms with E-state index >= 15 is 0 Å². The molecule has 0 saturated heterocycles. The van der Waals surface area contributed by atoms with Gasteiger partial charge in [0, 0.05) is 18.5 Å². The number of benzene rings is 2. The normalized spacial score (nSPS) is 16.5. The van der Waals surface area contributed by atoms with Gasteiger partial charge in [-0.3, -0.25) is 4.79 Å². The topological polar surface area (TPSA) is 47.6 Å². The van der Waals surface area contributed by atoms with Crippen LogP contribution in [0, 0.1) is 6.92 Å². The zero-order chi connectivity index (χ0) is 16.2. The highest BCUT2D eigenvalue weighted by Crippen LogP contribution is 2.31. The molecule has 0 radical (unpaired) electrons. The third-order valence-electron chi connectivity index (χ3n) is 4.21. The number of carbonyl (C=O) groups is 1. The predicted molar refractivity (Wildman–Crippen MR) is 88.3 cm³/mol. The quantitative estimate of drug-likeness (QED) is 0.882. The van der Waals surface area contributed by atoms with Crippen molar-refractivity contribution >= 4 is 5.97 Å². The molecule has 0 fully saturated rings. The summed E-state index contributed by atoms with van der Waals surface area (Å²) in [6, 6.07) is 13.9. The zero-order valence-electron chi connectivity index (χ0n) is 13.5. The second-order valence-electron chi connectivity index (χ2n) is 5.78. The number of carbonyl (C=O) groups excluding carboxylic acids is 1. The number of esters is 1. The van der Waals surface area contributed by atoms with Gasteiger partial charge in [-0.15, -0.1) is 0 Å². The third kappa shape index (κ3) is 3.37. The highest BCUT2D eigenvalue weighted by molar-refractivity contribution is 5.77. The Bertz CT molecular complexity index is 697. The summed E-state index contributed by atoms with van der Waals surface area (Å²) in [4.78, 5) is 11.8. The highest BCUT2D eigenvalue weighted by Gasteiger charge is 2.27. The van der Waals surface area contributed by atoms with Gasteiger partial charge in [0.2, 0.25) is 0 Å². The van der Waals surface area contributed by atoms with Crippen molar-refractivity contribution < 1.29 is 14.3 Å². The largest absolute Gasteiger partial charge is 0.488 e. The van der Waals surface area contributed by atoms with Crippen molar-refractivity contribution in [2.45, 2.75) is 32.5 Å². The van der Waals surface area contributed by atoms with E-state index in [0.29, 0.717) is 19.6 Å². The van der Waals surface area contributed by atoms with E-state index in [1.54, 1.807) is 0 Å². The van der Waals surface area contributed by atoms with Crippen LogP contribution < -0.4 is 10.1 Å². The van der Waals surface area contributed by atoms with E-state index in [4.69, 9.17) is 9.47 Å². The number of methoxy groups -OCH3 is 1. The number of rotatable bonds is 4. The molecule has 0 aliphatic carbocycles. The van der Waals surface area contributed by atoms with Crippen LogP contribution in [0.2, 0.25) is 0 Å². The average molecular weight is 311 g/mol. The Morgan fingerprint density at radius 1 is 1.22 bits per heavy atom. The number of fused-ring (bicyclic) bond motifs is 1. The van der Waals surface area contributed by atoms with Crippen molar-refractivity contribution in [3.63, 3.8) is 0 Å². The second kappa shape index (κ2) is 6.84. The number of aryl methyl sites for hydroxylation is 1. The molecule has 0 bridgehead atoms. The molecule has 1 N–H and O–H groups in total. The molecule has 1 atom stereocenters. The molecule has 0 saturated carbocycles. The summed E-state index contributed by atoms with van der Waals surface area (Å²) in [6.07, 6.45) is 0.591. The summed E-state index contributed by atoms with van der Waals surface area (Å²) in [5.74, 6) is 0.660. The van der Waals surface area contributed by atoms with E-state index in [1.165, 1.54) is 12.7 Å². The van der Waals surface area contributed by atoms with Crippen molar-refractivity contribution in [2.75, 3.05) is 7.11 Å². The first-order chi connectivity index (χ1) is 11.2. The van der Waals surface area contributed by atoms with E-state index in [0.717, 1.165) is 22.4 Å². The molecule has 0 spiro atoms. The van der Waals surface area contributed by atoms with Gasteiger partial charge in [0.25, 0.3) is 0 Å². The molecule has 3 rings (SSSR count). The van der Waals surface area contributed by atoms with Crippen LogP contribution in [-0.2, 0) is 29.1 Å². The summed E-state index contributed by atoms with van der Waals surface area (Å²) in [7, 11) is 1.42. The lowest BCUT2D eigenvalue weighted by Gasteiger charge is -2.27. The molecule has 120 valence electrons. The molecule has 0 amide bonds. The van der Waals surface area contributed by atoms with Gasteiger partial charge < -0.3 is 14.8 Å². The Hall–Kier alpha value is -2.33. The minimum absolute atomic E-state index is 0.230. The fraction of sp³-hybridized carbons (Fsp3) is 0.316.